The van der Waals surface area contributed by atoms with Gasteiger partial charge in [-0.3, -0.25) is 4.68 Å². The minimum absolute atomic E-state index is 0.322. The van der Waals surface area contributed by atoms with Crippen LogP contribution in [0.2, 0.25) is 0 Å². The van der Waals surface area contributed by atoms with Gasteiger partial charge >= 0.3 is 0 Å². The lowest BCUT2D eigenvalue weighted by Crippen LogP contribution is -2.25. The van der Waals surface area contributed by atoms with Crippen molar-refractivity contribution in [2.75, 3.05) is 25.7 Å². The summed E-state index contributed by atoms with van der Waals surface area (Å²) in [6.45, 7) is 4.33. The van der Waals surface area contributed by atoms with E-state index in [0.29, 0.717) is 12.1 Å². The van der Waals surface area contributed by atoms with Crippen LogP contribution in [0.25, 0.3) is 0 Å². The van der Waals surface area contributed by atoms with E-state index >= 15 is 0 Å². The van der Waals surface area contributed by atoms with E-state index in [0.717, 1.165) is 11.7 Å². The van der Waals surface area contributed by atoms with Crippen LogP contribution < -0.4 is 10.1 Å². The number of methoxy groups -OCH3 is 1. The first-order valence-corrected chi connectivity index (χ1v) is 8.69. The van der Waals surface area contributed by atoms with Gasteiger partial charge in [0.15, 0.2) is 5.75 Å². The molecule has 1 aromatic rings. The van der Waals surface area contributed by atoms with Crippen molar-refractivity contribution in [2.45, 2.75) is 45.2 Å². The van der Waals surface area contributed by atoms with Crippen molar-refractivity contribution in [3.05, 3.63) is 11.9 Å². The van der Waals surface area contributed by atoms with Gasteiger partial charge in [0.2, 0.25) is 0 Å². The Hall–Kier alpha value is -0.680. The molecule has 0 amide bonds. The van der Waals surface area contributed by atoms with Crippen molar-refractivity contribution < 1.29 is 4.74 Å². The van der Waals surface area contributed by atoms with Crippen molar-refractivity contribution >= 4 is 11.8 Å². The van der Waals surface area contributed by atoms with E-state index in [4.69, 9.17) is 4.74 Å². The van der Waals surface area contributed by atoms with E-state index in [-0.39, 0.29) is 0 Å². The number of rotatable bonds is 6. The summed E-state index contributed by atoms with van der Waals surface area (Å²) in [6, 6.07) is 0.676. The summed E-state index contributed by atoms with van der Waals surface area (Å²) in [4.78, 5) is 0. The predicted molar refractivity (Wildman–Crippen MR) is 85.6 cm³/mol. The topological polar surface area (TPSA) is 39.1 Å². The zero-order valence-corrected chi connectivity index (χ0v) is 13.9. The fraction of sp³-hybridized carbons (Fsp3) is 0.800. The summed E-state index contributed by atoms with van der Waals surface area (Å²) in [5.41, 5.74) is 1.20. The molecule has 114 valence electrons. The molecule has 1 atom stereocenters. The standard InChI is InChI=1S/C15H27N3OS/c1-11(2)18-15(14(19-4)10-17-18)13(16-3)9-12-5-7-20-8-6-12/h10-13,16H,5-9H2,1-4H3. The lowest BCUT2D eigenvalue weighted by Gasteiger charge is -2.27. The van der Waals surface area contributed by atoms with Crippen LogP contribution in [0.1, 0.15) is 50.9 Å². The van der Waals surface area contributed by atoms with Gasteiger partial charge in [-0.15, -0.1) is 0 Å². The maximum atomic E-state index is 5.52. The maximum absolute atomic E-state index is 5.52. The molecular weight excluding hydrogens is 270 g/mol. The Morgan fingerprint density at radius 1 is 1.45 bits per heavy atom. The average molecular weight is 297 g/mol. The molecule has 1 aliphatic rings. The molecule has 1 unspecified atom stereocenters. The molecule has 2 heterocycles. The Bertz CT molecular complexity index is 413. The molecule has 1 saturated heterocycles. The number of nitrogens with zero attached hydrogens (tertiary/aromatic N) is 2. The van der Waals surface area contributed by atoms with Gasteiger partial charge in [0, 0.05) is 6.04 Å². The molecule has 0 radical (unpaired) electrons. The van der Waals surface area contributed by atoms with Gasteiger partial charge in [-0.2, -0.15) is 16.9 Å². The molecule has 1 fully saturated rings. The van der Waals surface area contributed by atoms with Crippen molar-refractivity contribution in [3.8, 4) is 5.75 Å². The molecule has 0 bridgehead atoms. The molecule has 2 rings (SSSR count). The molecule has 0 aromatic carbocycles. The highest BCUT2D eigenvalue weighted by atomic mass is 32.2. The quantitative estimate of drug-likeness (QED) is 0.875. The van der Waals surface area contributed by atoms with Gasteiger partial charge in [0.05, 0.1) is 25.0 Å². The number of ether oxygens (including phenoxy) is 1. The highest BCUT2D eigenvalue weighted by Gasteiger charge is 2.26. The summed E-state index contributed by atoms with van der Waals surface area (Å²) >= 11 is 2.08. The summed E-state index contributed by atoms with van der Waals surface area (Å²) in [7, 11) is 3.77. The first-order chi connectivity index (χ1) is 9.67. The third kappa shape index (κ3) is 3.50. The number of thioether (sulfide) groups is 1. The van der Waals surface area contributed by atoms with Crippen LogP contribution in [0.3, 0.4) is 0 Å². The van der Waals surface area contributed by atoms with Gasteiger partial charge in [-0.1, -0.05) is 0 Å². The van der Waals surface area contributed by atoms with Crippen molar-refractivity contribution in [2.24, 2.45) is 5.92 Å². The number of aromatic nitrogens is 2. The minimum atomic E-state index is 0.322. The van der Waals surface area contributed by atoms with Gasteiger partial charge in [-0.25, -0.2) is 0 Å². The average Bonchev–Trinajstić information content (AvgIpc) is 2.89. The number of nitrogens with one attached hydrogen (secondary N) is 1. The number of hydrogen-bond donors (Lipinski definition) is 1. The second-order valence-corrected chi connectivity index (χ2v) is 6.99. The zero-order chi connectivity index (χ0) is 14.5. The molecule has 0 spiro atoms. The van der Waals surface area contributed by atoms with E-state index in [1.165, 1.54) is 36.5 Å². The fourth-order valence-corrected chi connectivity index (χ4v) is 4.14. The van der Waals surface area contributed by atoms with Crippen molar-refractivity contribution in [1.82, 2.24) is 15.1 Å². The van der Waals surface area contributed by atoms with Gasteiger partial charge < -0.3 is 10.1 Å². The Morgan fingerprint density at radius 3 is 2.70 bits per heavy atom. The van der Waals surface area contributed by atoms with Gasteiger partial charge in [0.25, 0.3) is 0 Å². The van der Waals surface area contributed by atoms with Crippen LogP contribution in [0.15, 0.2) is 6.20 Å². The van der Waals surface area contributed by atoms with Crippen molar-refractivity contribution in [3.63, 3.8) is 0 Å². The Kier molecular flexibility index (Phi) is 5.78. The zero-order valence-electron chi connectivity index (χ0n) is 13.1. The molecular formula is C15H27N3OS. The van der Waals surface area contributed by atoms with Crippen LogP contribution in [0.5, 0.6) is 5.75 Å². The fourth-order valence-electron chi connectivity index (χ4n) is 2.94. The molecule has 1 N–H and O–H groups in total. The van der Waals surface area contributed by atoms with E-state index in [9.17, 15) is 0 Å². The van der Waals surface area contributed by atoms with Crippen molar-refractivity contribution in [1.29, 1.82) is 0 Å². The highest BCUT2D eigenvalue weighted by Crippen LogP contribution is 2.35. The highest BCUT2D eigenvalue weighted by molar-refractivity contribution is 7.99. The van der Waals surface area contributed by atoms with Crippen LogP contribution >= 0.6 is 11.8 Å². The SMILES string of the molecule is CNC(CC1CCSCC1)c1c(OC)cnn1C(C)C. The predicted octanol–water partition coefficient (Wildman–Crippen LogP) is 3.27. The molecule has 1 aliphatic heterocycles. The lowest BCUT2D eigenvalue weighted by atomic mass is 9.92. The van der Waals surface area contributed by atoms with Crippen LogP contribution in [0.4, 0.5) is 0 Å². The molecule has 5 heteroatoms. The van der Waals surface area contributed by atoms with Crippen LogP contribution in [-0.2, 0) is 0 Å². The second-order valence-electron chi connectivity index (χ2n) is 5.77. The summed E-state index contributed by atoms with van der Waals surface area (Å²) < 4.78 is 7.62. The van der Waals surface area contributed by atoms with Gasteiger partial charge in [0.1, 0.15) is 0 Å². The largest absolute Gasteiger partial charge is 0.493 e. The monoisotopic (exact) mass is 297 g/mol. The maximum Gasteiger partial charge on any atom is 0.161 e. The second kappa shape index (κ2) is 7.36. The molecule has 0 aliphatic carbocycles. The first kappa shape index (κ1) is 15.7. The number of hydrogen-bond acceptors (Lipinski definition) is 4. The minimum Gasteiger partial charge on any atom is -0.493 e. The van der Waals surface area contributed by atoms with Crippen LogP contribution in [-0.4, -0.2) is 35.4 Å². The summed E-state index contributed by atoms with van der Waals surface area (Å²) in [5, 5.41) is 7.97. The Labute approximate surface area is 126 Å². The lowest BCUT2D eigenvalue weighted by molar-refractivity contribution is 0.342. The Morgan fingerprint density at radius 2 is 2.15 bits per heavy atom. The van der Waals surface area contributed by atoms with Crippen LogP contribution in [0, 0.1) is 5.92 Å². The third-order valence-electron chi connectivity index (χ3n) is 4.10. The third-order valence-corrected chi connectivity index (χ3v) is 5.14. The molecule has 4 nitrogen and oxygen atoms in total. The van der Waals surface area contributed by atoms with E-state index in [2.05, 4.69) is 40.7 Å². The normalized spacial score (nSPS) is 18.4. The van der Waals surface area contributed by atoms with E-state index < -0.39 is 0 Å². The van der Waals surface area contributed by atoms with E-state index in [1.807, 2.05) is 13.2 Å². The van der Waals surface area contributed by atoms with E-state index in [1.54, 1.807) is 7.11 Å². The van der Waals surface area contributed by atoms with Gasteiger partial charge in [-0.05, 0) is 57.6 Å². The Balaban J connectivity index is 2.18. The first-order valence-electron chi connectivity index (χ1n) is 7.53. The molecule has 1 aromatic heterocycles. The molecule has 0 saturated carbocycles. The summed E-state index contributed by atoms with van der Waals surface area (Å²) in [5.74, 6) is 4.33. The smallest absolute Gasteiger partial charge is 0.161 e. The molecule has 20 heavy (non-hydrogen) atoms. The summed E-state index contributed by atoms with van der Waals surface area (Å²) in [6.07, 6.45) is 5.68.